The van der Waals surface area contributed by atoms with E-state index in [-0.39, 0.29) is 11.5 Å². The molecule has 10 nitrogen and oxygen atoms in total. The summed E-state index contributed by atoms with van der Waals surface area (Å²) in [7, 11) is -1.93. The number of nitrogens with one attached hydrogen (secondary N) is 1. The Hall–Kier alpha value is -5.03. The highest BCUT2D eigenvalue weighted by atomic mass is 32.2. The normalized spacial score (nSPS) is 13.8. The molecule has 0 bridgehead atoms. The van der Waals surface area contributed by atoms with Crippen LogP contribution in [0.1, 0.15) is 29.5 Å². The van der Waals surface area contributed by atoms with Gasteiger partial charge in [-0.15, -0.1) is 10.2 Å². The number of amides is 1. The molecule has 1 aliphatic rings. The Kier molecular flexibility index (Phi) is 8.85. The van der Waals surface area contributed by atoms with Gasteiger partial charge in [-0.2, -0.15) is 0 Å². The van der Waals surface area contributed by atoms with E-state index in [9.17, 15) is 13.2 Å². The van der Waals surface area contributed by atoms with E-state index in [2.05, 4.69) is 33.5 Å². The summed E-state index contributed by atoms with van der Waals surface area (Å²) in [5, 5.41) is 11.3. The maximum absolute atomic E-state index is 13.4. The van der Waals surface area contributed by atoms with Crippen molar-refractivity contribution < 1.29 is 22.7 Å². The van der Waals surface area contributed by atoms with E-state index >= 15 is 0 Å². The minimum atomic E-state index is -3.58. The van der Waals surface area contributed by atoms with Gasteiger partial charge in [0.2, 0.25) is 5.95 Å². The number of aryl methyl sites for hydroxylation is 2. The van der Waals surface area contributed by atoms with Crippen LogP contribution in [0.25, 0.3) is 22.2 Å². The number of benzene rings is 4. The van der Waals surface area contributed by atoms with Crippen molar-refractivity contribution in [2.75, 3.05) is 25.5 Å². The van der Waals surface area contributed by atoms with Crippen molar-refractivity contribution in [1.29, 1.82) is 0 Å². The van der Waals surface area contributed by atoms with E-state index < -0.39 is 21.2 Å². The molecule has 1 aromatic heterocycles. The van der Waals surface area contributed by atoms with Crippen molar-refractivity contribution in [1.82, 2.24) is 20.1 Å². The Morgan fingerprint density at radius 2 is 1.65 bits per heavy atom. The summed E-state index contributed by atoms with van der Waals surface area (Å²) in [5.41, 5.74) is 7.05. The number of anilines is 2. The lowest BCUT2D eigenvalue weighted by Gasteiger charge is -2.31. The molecule has 0 radical (unpaired) electrons. The summed E-state index contributed by atoms with van der Waals surface area (Å²) in [6.07, 6.45) is 0.262. The van der Waals surface area contributed by atoms with Gasteiger partial charge in [0.1, 0.15) is 17.9 Å². The SMILES string of the molecule is COc1ccc(C)c(-c2cc(C)c3nc(Nc4ccc(S(=O)(=O)C5CCN(C(=O)OCc6ccccc6)CC5)cc4)nnc3c2)c1. The van der Waals surface area contributed by atoms with Gasteiger partial charge in [0.25, 0.3) is 0 Å². The third-order valence-electron chi connectivity index (χ3n) is 8.29. The summed E-state index contributed by atoms with van der Waals surface area (Å²) >= 11 is 0. The maximum Gasteiger partial charge on any atom is 0.410 e. The molecule has 236 valence electrons. The number of hydrogen-bond donors (Lipinski definition) is 1. The number of sulfone groups is 1. The number of aromatic nitrogens is 3. The lowest BCUT2D eigenvalue weighted by Crippen LogP contribution is -2.42. The van der Waals surface area contributed by atoms with Crippen LogP contribution in [0.3, 0.4) is 0 Å². The average Bonchev–Trinajstić information content (AvgIpc) is 3.08. The first kappa shape index (κ1) is 31.0. The first-order valence-electron chi connectivity index (χ1n) is 15.1. The number of ether oxygens (including phenoxy) is 2. The molecule has 11 heteroatoms. The van der Waals surface area contributed by atoms with Crippen LogP contribution in [-0.2, 0) is 21.2 Å². The molecule has 0 aliphatic carbocycles. The Morgan fingerprint density at radius 3 is 2.37 bits per heavy atom. The molecule has 1 amide bonds. The Labute approximate surface area is 268 Å². The summed E-state index contributed by atoms with van der Waals surface area (Å²) in [4.78, 5) is 19.0. The summed E-state index contributed by atoms with van der Waals surface area (Å²) < 4.78 is 37.7. The molecule has 4 aromatic carbocycles. The molecule has 0 saturated carbocycles. The number of piperidine rings is 1. The summed E-state index contributed by atoms with van der Waals surface area (Å²) in [6, 6.07) is 26.0. The lowest BCUT2D eigenvalue weighted by molar-refractivity contribution is 0.0897. The van der Waals surface area contributed by atoms with E-state index in [4.69, 9.17) is 9.47 Å². The van der Waals surface area contributed by atoms with Gasteiger partial charge >= 0.3 is 6.09 Å². The second kappa shape index (κ2) is 13.1. The average molecular weight is 638 g/mol. The number of hydrogen-bond acceptors (Lipinski definition) is 9. The van der Waals surface area contributed by atoms with Crippen LogP contribution in [0.5, 0.6) is 5.75 Å². The zero-order chi connectivity index (χ0) is 32.3. The van der Waals surface area contributed by atoms with Gasteiger partial charge in [-0.05, 0) is 103 Å². The van der Waals surface area contributed by atoms with Crippen molar-refractivity contribution in [3.05, 3.63) is 102 Å². The van der Waals surface area contributed by atoms with Crippen LogP contribution < -0.4 is 10.1 Å². The van der Waals surface area contributed by atoms with Crippen LogP contribution in [0.4, 0.5) is 16.4 Å². The van der Waals surface area contributed by atoms with Gasteiger partial charge in [-0.1, -0.05) is 36.4 Å². The predicted octanol–water partition coefficient (Wildman–Crippen LogP) is 6.64. The lowest BCUT2D eigenvalue weighted by atomic mass is 9.98. The summed E-state index contributed by atoms with van der Waals surface area (Å²) in [5.74, 6) is 1.09. The van der Waals surface area contributed by atoms with Gasteiger partial charge in [0, 0.05) is 18.8 Å². The molecule has 1 saturated heterocycles. The molecule has 6 rings (SSSR count). The molecule has 0 spiro atoms. The second-order valence-corrected chi connectivity index (χ2v) is 13.6. The van der Waals surface area contributed by atoms with Crippen molar-refractivity contribution in [2.45, 2.75) is 43.4 Å². The van der Waals surface area contributed by atoms with E-state index in [1.807, 2.05) is 61.5 Å². The molecule has 1 fully saturated rings. The number of nitrogens with zero attached hydrogens (tertiary/aromatic N) is 4. The quantitative estimate of drug-likeness (QED) is 0.200. The maximum atomic E-state index is 13.4. The first-order valence-corrected chi connectivity index (χ1v) is 16.6. The molecule has 46 heavy (non-hydrogen) atoms. The molecule has 1 N–H and O–H groups in total. The van der Waals surface area contributed by atoms with E-state index in [1.165, 1.54) is 0 Å². The van der Waals surface area contributed by atoms with Crippen LogP contribution in [0.15, 0.2) is 89.8 Å². The number of likely N-dealkylation sites (tertiary alicyclic amines) is 1. The van der Waals surface area contributed by atoms with Crippen LogP contribution in [0, 0.1) is 13.8 Å². The van der Waals surface area contributed by atoms with Crippen LogP contribution in [0.2, 0.25) is 0 Å². The van der Waals surface area contributed by atoms with Crippen molar-refractivity contribution in [2.24, 2.45) is 0 Å². The highest BCUT2D eigenvalue weighted by Crippen LogP contribution is 2.31. The molecular weight excluding hydrogens is 602 g/mol. The third kappa shape index (κ3) is 6.64. The highest BCUT2D eigenvalue weighted by molar-refractivity contribution is 7.92. The molecule has 2 heterocycles. The van der Waals surface area contributed by atoms with Crippen LogP contribution in [-0.4, -0.2) is 60.0 Å². The van der Waals surface area contributed by atoms with Gasteiger partial charge in [-0.3, -0.25) is 0 Å². The Balaban J connectivity index is 1.09. The fraction of sp³-hybridized carbons (Fsp3) is 0.257. The van der Waals surface area contributed by atoms with Gasteiger partial charge < -0.3 is 19.7 Å². The molecular formula is C35H35N5O5S. The number of fused-ring (bicyclic) bond motifs is 1. The van der Waals surface area contributed by atoms with Crippen LogP contribution >= 0.6 is 0 Å². The largest absolute Gasteiger partial charge is 0.497 e. The fourth-order valence-corrected chi connectivity index (χ4v) is 7.40. The van der Waals surface area contributed by atoms with Crippen molar-refractivity contribution in [3.63, 3.8) is 0 Å². The first-order chi connectivity index (χ1) is 22.2. The van der Waals surface area contributed by atoms with E-state index in [0.717, 1.165) is 39.1 Å². The smallest absolute Gasteiger partial charge is 0.410 e. The zero-order valence-corrected chi connectivity index (χ0v) is 26.8. The van der Waals surface area contributed by atoms with Gasteiger partial charge in [0.15, 0.2) is 9.84 Å². The van der Waals surface area contributed by atoms with Gasteiger partial charge in [-0.25, -0.2) is 18.2 Å². The molecule has 0 unspecified atom stereocenters. The summed E-state index contributed by atoms with van der Waals surface area (Å²) in [6.45, 7) is 4.87. The van der Waals surface area contributed by atoms with Crippen molar-refractivity contribution >= 4 is 38.6 Å². The zero-order valence-electron chi connectivity index (χ0n) is 25.9. The number of methoxy groups -OCH3 is 1. The Bertz CT molecular complexity index is 1980. The highest BCUT2D eigenvalue weighted by Gasteiger charge is 2.33. The van der Waals surface area contributed by atoms with E-state index in [0.29, 0.717) is 43.1 Å². The number of carbonyl (C=O) groups excluding carboxylic acids is 1. The standard InChI is InChI=1S/C35H35N5O5S/c1-23-9-12-28(44-3)21-31(23)26-19-24(2)33-32(20-26)38-39-34(37-33)36-27-10-13-29(14-11-27)46(42,43)30-15-17-40(18-16-30)35(41)45-22-25-7-5-4-6-8-25/h4-14,19-21,30H,15-18,22H2,1-3H3,(H,36,37,39). The second-order valence-electron chi connectivity index (χ2n) is 11.4. The third-order valence-corrected chi connectivity index (χ3v) is 10.6. The monoisotopic (exact) mass is 637 g/mol. The minimum Gasteiger partial charge on any atom is -0.497 e. The van der Waals surface area contributed by atoms with Crippen molar-refractivity contribution in [3.8, 4) is 16.9 Å². The van der Waals surface area contributed by atoms with Gasteiger partial charge in [0.05, 0.1) is 22.8 Å². The van der Waals surface area contributed by atoms with E-state index in [1.54, 1.807) is 36.3 Å². The number of carbonyl (C=O) groups is 1. The molecule has 0 atom stereocenters. The number of rotatable bonds is 8. The Morgan fingerprint density at radius 1 is 0.913 bits per heavy atom. The minimum absolute atomic E-state index is 0.184. The fourth-order valence-electron chi connectivity index (χ4n) is 5.67. The molecule has 1 aliphatic heterocycles. The predicted molar refractivity (Wildman–Crippen MR) is 177 cm³/mol. The topological polar surface area (TPSA) is 124 Å². The molecule has 5 aromatic rings.